The molecular weight excluding hydrogens is 177 g/mol. The Morgan fingerprint density at radius 2 is 1.60 bits per heavy atom. The van der Waals surface area contributed by atoms with Crippen LogP contribution in [0.4, 0.5) is 8.22 Å². The quantitative estimate of drug-likeness (QED) is 0.301. The number of halogens is 3. The van der Waals surface area contributed by atoms with Crippen molar-refractivity contribution in [1.29, 1.82) is 0 Å². The van der Waals surface area contributed by atoms with E-state index >= 15 is 0 Å². The smallest absolute Gasteiger partial charge is 0.254 e. The first kappa shape index (κ1) is 5.99. The van der Waals surface area contributed by atoms with Crippen molar-refractivity contribution in [1.82, 2.24) is 0 Å². The van der Waals surface area contributed by atoms with E-state index < -0.39 is 7.03 Å². The van der Waals surface area contributed by atoms with Gasteiger partial charge in [0.2, 0.25) is 0 Å². The van der Waals surface area contributed by atoms with Crippen LogP contribution < -0.4 is 0 Å². The van der Waals surface area contributed by atoms with Gasteiger partial charge in [-0.3, -0.25) is 8.22 Å². The van der Waals surface area contributed by atoms with Gasteiger partial charge in [0.15, 0.2) is 0 Å². The predicted molar refractivity (Wildman–Crippen MR) is 26.6 cm³/mol. The predicted octanol–water partition coefficient (Wildman–Crippen LogP) is 1.63. The summed E-state index contributed by atoms with van der Waals surface area (Å²) in [6.07, 6.45) is 0. The van der Waals surface area contributed by atoms with Crippen LogP contribution in [0.2, 0.25) is 0 Å². The Labute approximate surface area is 39.9 Å². The van der Waals surface area contributed by atoms with Crippen LogP contribution in [-0.2, 0) is 0 Å². The monoisotopic (exact) mass is 178 g/mol. The Hall–Kier alpha value is 0.987. The Balaban J connectivity index is 3.02. The first-order chi connectivity index (χ1) is 2.00. The normalized spacial score (nSPS) is 12.0. The highest BCUT2D eigenvalue weighted by molar-refractivity contribution is 9.28. The van der Waals surface area contributed by atoms with E-state index in [9.17, 15) is 8.22 Å². The minimum absolute atomic E-state index is 1.44. The van der Waals surface area contributed by atoms with Crippen molar-refractivity contribution in [2.45, 2.75) is 0 Å². The minimum Gasteiger partial charge on any atom is -0.254 e. The molecule has 0 aromatic heterocycles. The van der Waals surface area contributed by atoms with Crippen LogP contribution in [0, 0.1) is 0 Å². The second-order valence-corrected chi connectivity index (χ2v) is 9.51. The lowest BCUT2D eigenvalue weighted by atomic mass is 18.8. The molecule has 0 saturated heterocycles. The van der Waals surface area contributed by atoms with Gasteiger partial charge in [-0.15, -0.1) is 0 Å². The van der Waals surface area contributed by atoms with E-state index in [0.717, 1.165) is 0 Å². The molecule has 0 N–H and O–H groups in total. The number of rotatable bonds is 0. The van der Waals surface area contributed by atoms with Crippen molar-refractivity contribution < 1.29 is 8.22 Å². The van der Waals surface area contributed by atoms with Crippen molar-refractivity contribution in [2.75, 3.05) is 0 Å². The fraction of sp³-hybridized carbons (Fsp3) is 0. The fourth-order valence-electron chi connectivity index (χ4n) is 0. The zero-order valence-corrected chi connectivity index (χ0v) is 5.95. The summed E-state index contributed by atoms with van der Waals surface area (Å²) in [7, 11) is -2.44. The first-order valence-electron chi connectivity index (χ1n) is 0.856. The lowest BCUT2D eigenvalue weighted by Gasteiger charge is -1.85. The van der Waals surface area contributed by atoms with Crippen molar-refractivity contribution in [2.24, 2.45) is 0 Å². The molecule has 0 aliphatic carbocycles. The molecule has 0 nitrogen and oxygen atoms in total. The molecule has 0 radical (unpaired) electrons. The summed E-state index contributed by atoms with van der Waals surface area (Å²) in [5.41, 5.74) is 0. The third kappa shape index (κ3) is 45.7. The molecule has 0 aromatic rings. The van der Waals surface area contributed by atoms with Gasteiger partial charge < -0.3 is 0 Å². The Kier molecular flexibility index (Phi) is 1.94. The van der Waals surface area contributed by atoms with Gasteiger partial charge in [-0.25, -0.2) is 0 Å². The Morgan fingerprint density at radius 1 is 1.60 bits per heavy atom. The lowest BCUT2D eigenvalue weighted by molar-refractivity contribution is 0.691. The topological polar surface area (TPSA) is 0 Å². The highest BCUT2D eigenvalue weighted by Gasteiger charge is 2.21. The number of hydrogen-bond acceptors (Lipinski definition) is 0. The molecular formula is H2BrF2PSi. The van der Waals surface area contributed by atoms with Gasteiger partial charge in [0.05, 0.1) is 0 Å². The van der Waals surface area contributed by atoms with Gasteiger partial charge in [0, 0.05) is 0 Å². The fourth-order valence-corrected chi connectivity index (χ4v) is 0. The van der Waals surface area contributed by atoms with Crippen molar-refractivity contribution in [3.63, 3.8) is 0 Å². The molecule has 0 bridgehead atoms. The third-order valence-electron chi connectivity index (χ3n) is 0. The average Bonchev–Trinajstić information content (AvgIpc) is 0.722. The van der Waals surface area contributed by atoms with Crippen LogP contribution >= 0.6 is 24.1 Å². The maximum absolute atomic E-state index is 11.0. The molecule has 0 saturated carbocycles. The zero-order chi connectivity index (χ0) is 4.50. The number of hydrogen-bond donors (Lipinski definition) is 0. The summed E-state index contributed by atoms with van der Waals surface area (Å²) < 4.78 is 22.1. The van der Waals surface area contributed by atoms with E-state index in [1.54, 1.807) is 0 Å². The zero-order valence-electron chi connectivity index (χ0n) is 2.21. The van der Waals surface area contributed by atoms with Crippen LogP contribution in [0.3, 0.4) is 0 Å². The molecule has 0 spiro atoms. The summed E-state index contributed by atoms with van der Waals surface area (Å²) in [6.45, 7) is 0. The molecule has 5 heavy (non-hydrogen) atoms. The molecule has 0 aliphatic rings. The highest BCUT2D eigenvalue weighted by atomic mass is 79.9. The Bertz CT molecular complexity index is 25.1. The highest BCUT2D eigenvalue weighted by Crippen LogP contribution is 2.21. The largest absolute Gasteiger partial charge is 0.511 e. The van der Waals surface area contributed by atoms with Gasteiger partial charge in [0.25, 0.3) is 0 Å². The second-order valence-electron chi connectivity index (χ2n) is 0.542. The molecule has 32 valence electrons. The molecule has 1 unspecified atom stereocenters. The van der Waals surface area contributed by atoms with E-state index in [1.807, 2.05) is 0 Å². The molecule has 0 aliphatic heterocycles. The van der Waals surface area contributed by atoms with E-state index in [0.29, 0.717) is 0 Å². The van der Waals surface area contributed by atoms with E-state index in [-0.39, 0.29) is 0 Å². The molecule has 0 rings (SSSR count). The lowest BCUT2D eigenvalue weighted by Crippen LogP contribution is -1.94. The first-order valence-corrected chi connectivity index (χ1v) is 6.68. The summed E-state index contributed by atoms with van der Waals surface area (Å²) in [5, 5.41) is 0. The molecule has 1 atom stereocenters. The average molecular weight is 179 g/mol. The van der Waals surface area contributed by atoms with Gasteiger partial charge in [-0.1, -0.05) is 8.79 Å². The molecule has 0 amide bonds. The maximum Gasteiger partial charge on any atom is 0.511 e. The van der Waals surface area contributed by atoms with Crippen LogP contribution in [0.5, 0.6) is 0 Å². The van der Waals surface area contributed by atoms with Crippen molar-refractivity contribution in [3.8, 4) is 0 Å². The molecule has 5 heteroatoms. The summed E-state index contributed by atoms with van der Waals surface area (Å²) in [4.78, 5) is 0. The summed E-state index contributed by atoms with van der Waals surface area (Å²) in [5.74, 6) is 0. The van der Waals surface area contributed by atoms with Crippen LogP contribution in [0.1, 0.15) is 0 Å². The second kappa shape index (κ2) is 1.62. The van der Waals surface area contributed by atoms with Crippen molar-refractivity contribution in [3.05, 3.63) is 0 Å². The van der Waals surface area contributed by atoms with E-state index in [4.69, 9.17) is 0 Å². The van der Waals surface area contributed by atoms with Gasteiger partial charge >= 0.3 is 7.03 Å². The standard InChI is InChI=1S/BrF2H2PSi/c1-5(2,3)4/h4H2. The minimum atomic E-state index is -3.88. The summed E-state index contributed by atoms with van der Waals surface area (Å²) >= 11 is 2.14. The SMILES string of the molecule is F[Si](F)(P)Br. The van der Waals surface area contributed by atoms with Crippen LogP contribution in [0.15, 0.2) is 0 Å². The molecule has 0 fully saturated rings. The van der Waals surface area contributed by atoms with Gasteiger partial charge in [0.1, 0.15) is 0 Å². The van der Waals surface area contributed by atoms with E-state index in [2.05, 4.69) is 15.3 Å². The molecule has 0 heterocycles. The maximum atomic E-state index is 11.0. The van der Waals surface area contributed by atoms with Crippen LogP contribution in [-0.4, -0.2) is 7.03 Å². The van der Waals surface area contributed by atoms with Gasteiger partial charge in [-0.2, -0.15) is 0 Å². The summed E-state index contributed by atoms with van der Waals surface area (Å²) in [6, 6.07) is 0. The van der Waals surface area contributed by atoms with Gasteiger partial charge in [-0.05, 0) is 15.3 Å². The molecule has 0 aromatic carbocycles. The van der Waals surface area contributed by atoms with Crippen LogP contribution in [0.25, 0.3) is 0 Å². The van der Waals surface area contributed by atoms with E-state index in [1.165, 1.54) is 8.79 Å². The third-order valence-corrected chi connectivity index (χ3v) is 0. The Morgan fingerprint density at radius 3 is 1.60 bits per heavy atom. The van der Waals surface area contributed by atoms with Crippen molar-refractivity contribution >= 4 is 31.1 Å².